The van der Waals surface area contributed by atoms with Crippen molar-refractivity contribution < 1.29 is 4.74 Å². The van der Waals surface area contributed by atoms with E-state index in [0.717, 1.165) is 0 Å². The summed E-state index contributed by atoms with van der Waals surface area (Å²) in [5.74, 6) is 0.546. The second-order valence-corrected chi connectivity index (χ2v) is 6.09. The minimum absolute atomic E-state index is 0.0221. The summed E-state index contributed by atoms with van der Waals surface area (Å²) in [6, 6.07) is 0.290. The summed E-state index contributed by atoms with van der Waals surface area (Å²) in [5.41, 5.74) is 0. The lowest BCUT2D eigenvalue weighted by molar-refractivity contribution is 0.219. The molecule has 1 heterocycles. The summed E-state index contributed by atoms with van der Waals surface area (Å²) < 4.78 is 5.42. The zero-order valence-corrected chi connectivity index (χ0v) is 12.3. The minimum Gasteiger partial charge on any atom is -0.461 e. The lowest BCUT2D eigenvalue weighted by atomic mass is 10.2. The number of ether oxygens (including phenoxy) is 1. The summed E-state index contributed by atoms with van der Waals surface area (Å²) in [6.07, 6.45) is 0.0221. The second kappa shape index (κ2) is 6.40. The summed E-state index contributed by atoms with van der Waals surface area (Å²) >= 11 is 7.42. The lowest BCUT2D eigenvalue weighted by Crippen LogP contribution is -2.11. The number of thioether (sulfide) groups is 1. The average molecular weight is 276 g/mol. The number of nitrogens with zero attached hydrogens (tertiary/aromatic N) is 3. The molecule has 0 aliphatic carbocycles. The molecule has 1 rings (SSSR count). The van der Waals surface area contributed by atoms with E-state index in [4.69, 9.17) is 16.3 Å². The molecule has 0 amide bonds. The second-order valence-electron chi connectivity index (χ2n) is 4.40. The van der Waals surface area contributed by atoms with E-state index >= 15 is 0 Å². The molecule has 0 saturated heterocycles. The van der Waals surface area contributed by atoms with Gasteiger partial charge in [0.2, 0.25) is 5.28 Å². The van der Waals surface area contributed by atoms with Crippen LogP contribution in [0, 0.1) is 5.92 Å². The van der Waals surface area contributed by atoms with E-state index in [1.54, 1.807) is 11.8 Å². The zero-order valence-electron chi connectivity index (χ0n) is 10.8. The van der Waals surface area contributed by atoms with Gasteiger partial charge in [-0.05, 0) is 31.4 Å². The van der Waals surface area contributed by atoms with Gasteiger partial charge in [0.05, 0.1) is 6.10 Å². The topological polar surface area (TPSA) is 47.9 Å². The molecule has 0 bridgehead atoms. The Kier molecular flexibility index (Phi) is 5.46. The van der Waals surface area contributed by atoms with Crippen molar-refractivity contribution in [2.75, 3.05) is 0 Å². The van der Waals surface area contributed by atoms with Gasteiger partial charge in [0.15, 0.2) is 5.16 Å². The first kappa shape index (κ1) is 14.5. The summed E-state index contributed by atoms with van der Waals surface area (Å²) in [5, 5.41) is 1.20. The fraction of sp³-hybridized carbons (Fsp3) is 0.727. The first-order valence-electron chi connectivity index (χ1n) is 5.63. The third-order valence-electron chi connectivity index (χ3n) is 2.14. The Labute approximate surface area is 112 Å². The highest BCUT2D eigenvalue weighted by Crippen LogP contribution is 2.26. The SMILES string of the molecule is CC(C)Oc1nc(Cl)nc(SC(C)C(C)C)n1. The molecule has 6 heteroatoms. The van der Waals surface area contributed by atoms with Crippen molar-refractivity contribution in [1.29, 1.82) is 0 Å². The summed E-state index contributed by atoms with van der Waals surface area (Å²) in [6.45, 7) is 10.3. The van der Waals surface area contributed by atoms with E-state index in [0.29, 0.717) is 22.3 Å². The van der Waals surface area contributed by atoms with Crippen LogP contribution in [-0.4, -0.2) is 26.3 Å². The Bertz CT molecular complexity index is 374. The Balaban J connectivity index is 2.82. The van der Waals surface area contributed by atoms with E-state index in [1.807, 2.05) is 13.8 Å². The summed E-state index contributed by atoms with van der Waals surface area (Å²) in [7, 11) is 0. The molecule has 1 atom stereocenters. The average Bonchev–Trinajstić information content (AvgIpc) is 2.14. The molecule has 0 aromatic carbocycles. The Morgan fingerprint density at radius 1 is 1.06 bits per heavy atom. The predicted octanol–water partition coefficient (Wildman–Crippen LogP) is 3.45. The van der Waals surface area contributed by atoms with E-state index in [-0.39, 0.29) is 11.4 Å². The zero-order chi connectivity index (χ0) is 13.0. The van der Waals surface area contributed by atoms with Gasteiger partial charge in [-0.25, -0.2) is 0 Å². The van der Waals surface area contributed by atoms with Crippen molar-refractivity contribution >= 4 is 23.4 Å². The van der Waals surface area contributed by atoms with Gasteiger partial charge in [-0.3, -0.25) is 0 Å². The monoisotopic (exact) mass is 275 g/mol. The fourth-order valence-electron chi connectivity index (χ4n) is 0.933. The van der Waals surface area contributed by atoms with Crippen molar-refractivity contribution in [2.24, 2.45) is 5.92 Å². The van der Waals surface area contributed by atoms with Crippen LogP contribution < -0.4 is 4.74 Å². The smallest absolute Gasteiger partial charge is 0.321 e. The van der Waals surface area contributed by atoms with Crippen molar-refractivity contribution in [3.05, 3.63) is 5.28 Å². The molecule has 0 radical (unpaired) electrons. The number of hydrogen-bond acceptors (Lipinski definition) is 5. The maximum atomic E-state index is 5.84. The van der Waals surface area contributed by atoms with E-state index < -0.39 is 0 Å². The highest BCUT2D eigenvalue weighted by atomic mass is 35.5. The van der Waals surface area contributed by atoms with Crippen LogP contribution in [0.3, 0.4) is 0 Å². The molecule has 17 heavy (non-hydrogen) atoms. The maximum Gasteiger partial charge on any atom is 0.321 e. The molecule has 0 fully saturated rings. The van der Waals surface area contributed by atoms with Gasteiger partial charge >= 0.3 is 6.01 Å². The first-order chi connectivity index (χ1) is 7.88. The molecular weight excluding hydrogens is 258 g/mol. The quantitative estimate of drug-likeness (QED) is 0.771. The molecule has 1 aromatic rings. The molecule has 4 nitrogen and oxygen atoms in total. The molecular formula is C11H18ClN3OS. The van der Waals surface area contributed by atoms with Crippen LogP contribution in [0.25, 0.3) is 0 Å². The van der Waals surface area contributed by atoms with Crippen molar-refractivity contribution in [1.82, 2.24) is 15.0 Å². The van der Waals surface area contributed by atoms with Gasteiger partial charge in [0.1, 0.15) is 0 Å². The first-order valence-corrected chi connectivity index (χ1v) is 6.89. The third kappa shape index (κ3) is 5.08. The van der Waals surface area contributed by atoms with Crippen LogP contribution in [0.15, 0.2) is 5.16 Å². The predicted molar refractivity (Wildman–Crippen MR) is 70.8 cm³/mol. The standard InChI is InChI=1S/C11H18ClN3OS/c1-6(2)8(5)17-11-14-9(12)13-10(15-11)16-7(3)4/h6-8H,1-5H3. The van der Waals surface area contributed by atoms with Gasteiger partial charge < -0.3 is 4.74 Å². The Morgan fingerprint density at radius 3 is 2.24 bits per heavy atom. The van der Waals surface area contributed by atoms with Gasteiger partial charge in [-0.15, -0.1) is 0 Å². The minimum atomic E-state index is 0.0221. The van der Waals surface area contributed by atoms with E-state index in [9.17, 15) is 0 Å². The van der Waals surface area contributed by atoms with Crippen LogP contribution in [-0.2, 0) is 0 Å². The van der Waals surface area contributed by atoms with E-state index in [2.05, 4.69) is 35.7 Å². The van der Waals surface area contributed by atoms with Crippen LogP contribution in [0.5, 0.6) is 6.01 Å². The molecule has 1 unspecified atom stereocenters. The number of rotatable bonds is 5. The highest BCUT2D eigenvalue weighted by molar-refractivity contribution is 7.99. The van der Waals surface area contributed by atoms with E-state index in [1.165, 1.54) is 0 Å². The van der Waals surface area contributed by atoms with Gasteiger partial charge in [-0.2, -0.15) is 15.0 Å². The normalized spacial score (nSPS) is 13.2. The lowest BCUT2D eigenvalue weighted by Gasteiger charge is -2.14. The van der Waals surface area contributed by atoms with Gasteiger partial charge in [0.25, 0.3) is 0 Å². The molecule has 96 valence electrons. The molecule has 0 saturated carbocycles. The van der Waals surface area contributed by atoms with Gasteiger partial charge in [-0.1, -0.05) is 32.5 Å². The summed E-state index contributed by atoms with van der Waals surface area (Å²) in [4.78, 5) is 12.3. The molecule has 0 aliphatic heterocycles. The fourth-order valence-corrected chi connectivity index (χ4v) is 2.01. The van der Waals surface area contributed by atoms with Crippen LogP contribution in [0.2, 0.25) is 5.28 Å². The third-order valence-corrected chi connectivity index (χ3v) is 3.62. The van der Waals surface area contributed by atoms with Crippen molar-refractivity contribution in [3.63, 3.8) is 0 Å². The maximum absolute atomic E-state index is 5.84. The molecule has 0 N–H and O–H groups in total. The van der Waals surface area contributed by atoms with Crippen molar-refractivity contribution in [2.45, 2.75) is 51.1 Å². The van der Waals surface area contributed by atoms with Crippen LogP contribution in [0.1, 0.15) is 34.6 Å². The Hall–Kier alpha value is -0.550. The molecule has 0 spiro atoms. The Morgan fingerprint density at radius 2 is 1.71 bits per heavy atom. The van der Waals surface area contributed by atoms with Gasteiger partial charge in [0, 0.05) is 5.25 Å². The highest BCUT2D eigenvalue weighted by Gasteiger charge is 2.14. The largest absolute Gasteiger partial charge is 0.461 e. The van der Waals surface area contributed by atoms with Crippen LogP contribution >= 0.6 is 23.4 Å². The number of halogens is 1. The van der Waals surface area contributed by atoms with Crippen molar-refractivity contribution in [3.8, 4) is 6.01 Å². The van der Waals surface area contributed by atoms with Crippen LogP contribution in [0.4, 0.5) is 0 Å². The number of hydrogen-bond donors (Lipinski definition) is 0. The molecule has 0 aliphatic rings. The number of aromatic nitrogens is 3. The molecule has 1 aromatic heterocycles.